The summed E-state index contributed by atoms with van der Waals surface area (Å²) in [6.07, 6.45) is 4.01. The van der Waals surface area contributed by atoms with Crippen molar-refractivity contribution in [1.29, 1.82) is 0 Å². The molecule has 1 amide bonds. The highest BCUT2D eigenvalue weighted by atomic mass is 19.1. The Morgan fingerprint density at radius 2 is 1.75 bits per heavy atom. The molecule has 2 aromatic carbocycles. The quantitative estimate of drug-likeness (QED) is 0.670. The molecule has 0 unspecified atom stereocenters. The molecular formula is C22H21FN4O. The number of rotatable bonds is 5. The SMILES string of the molecule is O=C(Nc1ccc(N2CCCC2)cc1)c1ccnc(Nc2cccc(F)c2)c1. The van der Waals surface area contributed by atoms with Gasteiger partial charge in [-0.1, -0.05) is 6.07 Å². The molecule has 2 N–H and O–H groups in total. The second-order valence-electron chi connectivity index (χ2n) is 6.76. The van der Waals surface area contributed by atoms with Gasteiger partial charge in [-0.25, -0.2) is 9.37 Å². The first-order valence-electron chi connectivity index (χ1n) is 9.32. The maximum Gasteiger partial charge on any atom is 0.255 e. The van der Waals surface area contributed by atoms with E-state index in [9.17, 15) is 9.18 Å². The molecule has 1 aliphatic rings. The number of carbonyl (C=O) groups is 1. The monoisotopic (exact) mass is 376 g/mol. The number of hydrogen-bond donors (Lipinski definition) is 2. The van der Waals surface area contributed by atoms with E-state index >= 15 is 0 Å². The largest absolute Gasteiger partial charge is 0.372 e. The Kier molecular flexibility index (Phi) is 5.19. The van der Waals surface area contributed by atoms with E-state index in [2.05, 4.69) is 20.5 Å². The van der Waals surface area contributed by atoms with Gasteiger partial charge in [0.25, 0.3) is 5.91 Å². The average Bonchev–Trinajstić information content (AvgIpc) is 3.24. The van der Waals surface area contributed by atoms with Gasteiger partial charge in [-0.05, 0) is 67.4 Å². The van der Waals surface area contributed by atoms with Crippen molar-refractivity contribution in [3.05, 3.63) is 78.2 Å². The Morgan fingerprint density at radius 3 is 2.50 bits per heavy atom. The number of amides is 1. The Morgan fingerprint density at radius 1 is 0.964 bits per heavy atom. The number of aromatic nitrogens is 1. The first-order valence-corrected chi connectivity index (χ1v) is 9.32. The maximum absolute atomic E-state index is 13.3. The lowest BCUT2D eigenvalue weighted by Crippen LogP contribution is -2.17. The van der Waals surface area contributed by atoms with Crippen LogP contribution in [0.2, 0.25) is 0 Å². The zero-order valence-corrected chi connectivity index (χ0v) is 15.4. The number of pyridine rings is 1. The molecule has 1 fully saturated rings. The Bertz CT molecular complexity index is 968. The molecular weight excluding hydrogens is 355 g/mol. The smallest absolute Gasteiger partial charge is 0.255 e. The van der Waals surface area contributed by atoms with Crippen LogP contribution in [-0.2, 0) is 0 Å². The molecule has 0 bridgehead atoms. The molecule has 1 aromatic heterocycles. The van der Waals surface area contributed by atoms with E-state index in [1.807, 2.05) is 24.3 Å². The van der Waals surface area contributed by atoms with Gasteiger partial charge < -0.3 is 15.5 Å². The van der Waals surface area contributed by atoms with Gasteiger partial charge in [0.1, 0.15) is 11.6 Å². The van der Waals surface area contributed by atoms with Crippen LogP contribution in [-0.4, -0.2) is 24.0 Å². The third kappa shape index (κ3) is 4.28. The molecule has 0 saturated carbocycles. The second-order valence-corrected chi connectivity index (χ2v) is 6.76. The van der Waals surface area contributed by atoms with Gasteiger partial charge in [-0.3, -0.25) is 4.79 Å². The summed E-state index contributed by atoms with van der Waals surface area (Å²) in [5.41, 5.74) is 2.96. The summed E-state index contributed by atoms with van der Waals surface area (Å²) in [5.74, 6) is -0.0856. The average molecular weight is 376 g/mol. The van der Waals surface area contributed by atoms with Gasteiger partial charge >= 0.3 is 0 Å². The zero-order chi connectivity index (χ0) is 19.3. The zero-order valence-electron chi connectivity index (χ0n) is 15.4. The van der Waals surface area contributed by atoms with Crippen molar-refractivity contribution in [2.75, 3.05) is 28.6 Å². The summed E-state index contributed by atoms with van der Waals surface area (Å²) in [6.45, 7) is 2.17. The maximum atomic E-state index is 13.3. The minimum atomic E-state index is -0.337. The Balaban J connectivity index is 1.43. The highest BCUT2D eigenvalue weighted by Crippen LogP contribution is 2.23. The summed E-state index contributed by atoms with van der Waals surface area (Å²) in [7, 11) is 0. The van der Waals surface area contributed by atoms with Crippen LogP contribution < -0.4 is 15.5 Å². The second kappa shape index (κ2) is 8.08. The van der Waals surface area contributed by atoms with Crippen molar-refractivity contribution < 1.29 is 9.18 Å². The molecule has 0 aliphatic carbocycles. The first-order chi connectivity index (χ1) is 13.7. The molecule has 2 heterocycles. The first kappa shape index (κ1) is 18.0. The fourth-order valence-electron chi connectivity index (χ4n) is 3.29. The molecule has 1 saturated heterocycles. The van der Waals surface area contributed by atoms with E-state index in [1.54, 1.807) is 30.5 Å². The van der Waals surface area contributed by atoms with E-state index in [0.29, 0.717) is 17.1 Å². The van der Waals surface area contributed by atoms with Crippen LogP contribution in [0.1, 0.15) is 23.2 Å². The predicted molar refractivity (Wildman–Crippen MR) is 110 cm³/mol. The molecule has 5 nitrogen and oxygen atoms in total. The third-order valence-corrected chi connectivity index (χ3v) is 4.72. The summed E-state index contributed by atoms with van der Waals surface area (Å²) >= 11 is 0. The van der Waals surface area contributed by atoms with Crippen molar-refractivity contribution in [3.8, 4) is 0 Å². The van der Waals surface area contributed by atoms with E-state index in [1.165, 1.54) is 30.7 Å². The molecule has 0 radical (unpaired) electrons. The molecule has 28 heavy (non-hydrogen) atoms. The molecule has 0 spiro atoms. The van der Waals surface area contributed by atoms with Crippen molar-refractivity contribution in [2.45, 2.75) is 12.8 Å². The van der Waals surface area contributed by atoms with Crippen molar-refractivity contribution >= 4 is 28.8 Å². The lowest BCUT2D eigenvalue weighted by molar-refractivity contribution is 0.102. The summed E-state index contributed by atoms with van der Waals surface area (Å²) in [5, 5.41) is 5.91. The highest BCUT2D eigenvalue weighted by Gasteiger charge is 2.13. The lowest BCUT2D eigenvalue weighted by Gasteiger charge is -2.17. The minimum Gasteiger partial charge on any atom is -0.372 e. The summed E-state index contributed by atoms with van der Waals surface area (Å²) < 4.78 is 13.3. The van der Waals surface area contributed by atoms with E-state index < -0.39 is 0 Å². The van der Waals surface area contributed by atoms with Gasteiger partial charge in [-0.15, -0.1) is 0 Å². The standard InChI is InChI=1S/C22H21FN4O/c23-17-4-3-5-19(15-17)25-21-14-16(10-11-24-21)22(28)26-18-6-8-20(9-7-18)27-12-1-2-13-27/h3-11,14-15H,1-2,12-13H2,(H,24,25)(H,26,28). The fraction of sp³-hybridized carbons (Fsp3) is 0.182. The van der Waals surface area contributed by atoms with Gasteiger partial charge in [0.15, 0.2) is 0 Å². The molecule has 4 rings (SSSR count). The number of nitrogens with zero attached hydrogens (tertiary/aromatic N) is 2. The van der Waals surface area contributed by atoms with Crippen LogP contribution in [0.15, 0.2) is 66.9 Å². The number of nitrogens with one attached hydrogen (secondary N) is 2. The molecule has 1 aliphatic heterocycles. The minimum absolute atomic E-state index is 0.224. The number of halogens is 1. The number of carbonyl (C=O) groups excluding carboxylic acids is 1. The molecule has 142 valence electrons. The number of anilines is 4. The normalized spacial score (nSPS) is 13.4. The summed E-state index contributed by atoms with van der Waals surface area (Å²) in [6, 6.07) is 17.3. The Labute approximate surface area is 163 Å². The van der Waals surface area contributed by atoms with E-state index in [0.717, 1.165) is 18.8 Å². The predicted octanol–water partition coefficient (Wildman–Crippen LogP) is 4.82. The van der Waals surface area contributed by atoms with Crippen molar-refractivity contribution in [1.82, 2.24) is 4.98 Å². The van der Waals surface area contributed by atoms with Gasteiger partial charge in [-0.2, -0.15) is 0 Å². The van der Waals surface area contributed by atoms with E-state index in [4.69, 9.17) is 0 Å². The van der Waals surface area contributed by atoms with Crippen LogP contribution in [0.3, 0.4) is 0 Å². The Hall–Kier alpha value is -3.41. The van der Waals surface area contributed by atoms with Crippen LogP contribution in [0, 0.1) is 5.82 Å². The topological polar surface area (TPSA) is 57.3 Å². The third-order valence-electron chi connectivity index (χ3n) is 4.72. The number of hydrogen-bond acceptors (Lipinski definition) is 4. The van der Waals surface area contributed by atoms with E-state index in [-0.39, 0.29) is 11.7 Å². The van der Waals surface area contributed by atoms with Gasteiger partial charge in [0, 0.05) is 41.9 Å². The summed E-state index contributed by atoms with van der Waals surface area (Å²) in [4.78, 5) is 19.1. The van der Waals surface area contributed by atoms with Crippen LogP contribution >= 0.6 is 0 Å². The van der Waals surface area contributed by atoms with Gasteiger partial charge in [0.05, 0.1) is 0 Å². The van der Waals surface area contributed by atoms with Gasteiger partial charge in [0.2, 0.25) is 0 Å². The van der Waals surface area contributed by atoms with Crippen LogP contribution in [0.25, 0.3) is 0 Å². The lowest BCUT2D eigenvalue weighted by atomic mass is 10.2. The molecule has 3 aromatic rings. The fourth-order valence-corrected chi connectivity index (χ4v) is 3.29. The molecule has 0 atom stereocenters. The van der Waals surface area contributed by atoms with Crippen LogP contribution in [0.4, 0.5) is 27.3 Å². The van der Waals surface area contributed by atoms with Crippen molar-refractivity contribution in [2.24, 2.45) is 0 Å². The highest BCUT2D eigenvalue weighted by molar-refractivity contribution is 6.04. The number of benzene rings is 2. The molecule has 6 heteroatoms. The van der Waals surface area contributed by atoms with Crippen molar-refractivity contribution in [3.63, 3.8) is 0 Å². The van der Waals surface area contributed by atoms with Crippen LogP contribution in [0.5, 0.6) is 0 Å².